The van der Waals surface area contributed by atoms with Crippen LogP contribution < -0.4 is 14.0 Å². The van der Waals surface area contributed by atoms with Crippen molar-refractivity contribution in [1.82, 2.24) is 4.90 Å². The molecule has 1 heterocycles. The highest BCUT2D eigenvalue weighted by Crippen LogP contribution is 2.44. The molecule has 0 aliphatic carbocycles. The van der Waals surface area contributed by atoms with Gasteiger partial charge in [0.1, 0.15) is 30.0 Å². The molecule has 1 aliphatic rings. The first-order valence-corrected chi connectivity index (χ1v) is 18.6. The monoisotopic (exact) mass is 649 g/mol. The van der Waals surface area contributed by atoms with Gasteiger partial charge in [0.05, 0.1) is 19.1 Å². The van der Waals surface area contributed by atoms with E-state index < -0.39 is 13.9 Å². The molecule has 0 saturated heterocycles. The second kappa shape index (κ2) is 20.8. The Labute approximate surface area is 269 Å². The molecule has 3 rings (SSSR count). The third-order valence-electron chi connectivity index (χ3n) is 7.18. The van der Waals surface area contributed by atoms with Crippen molar-refractivity contribution in [1.29, 1.82) is 0 Å². The Kier molecular flexibility index (Phi) is 17.2. The van der Waals surface area contributed by atoms with E-state index in [9.17, 15) is 9.46 Å². The summed E-state index contributed by atoms with van der Waals surface area (Å²) in [6.45, 7) is 7.99. The number of ether oxygens (including phenoxy) is 3. The number of allylic oxidation sites excluding steroid dienone is 1. The van der Waals surface area contributed by atoms with E-state index in [0.717, 1.165) is 23.6 Å². The fourth-order valence-corrected chi connectivity index (χ4v) is 6.41. The predicted octanol–water partition coefficient (Wildman–Crippen LogP) is 9.33. The van der Waals surface area contributed by atoms with Crippen LogP contribution in [-0.4, -0.2) is 48.2 Å². The maximum absolute atomic E-state index is 12.7. The maximum atomic E-state index is 12.7. The Bertz CT molecular complexity index is 1150. The van der Waals surface area contributed by atoms with Gasteiger partial charge in [-0.1, -0.05) is 76.8 Å². The fourth-order valence-electron chi connectivity index (χ4n) is 4.86. The van der Waals surface area contributed by atoms with E-state index in [2.05, 4.69) is 24.9 Å². The normalized spacial score (nSPS) is 15.1. The number of phosphoric ester groups is 1. The number of nitrogens with zero attached hydrogens (tertiary/aromatic N) is 1. The third kappa shape index (κ3) is 15.2. The smallest absolute Gasteiger partial charge is 0.494 e. The number of phosphoric acid groups is 1. The Morgan fingerprint density at radius 2 is 1.52 bits per heavy atom. The van der Waals surface area contributed by atoms with Crippen LogP contribution in [0.5, 0.6) is 17.2 Å². The van der Waals surface area contributed by atoms with E-state index in [0.29, 0.717) is 25.5 Å². The summed E-state index contributed by atoms with van der Waals surface area (Å²) < 4.78 is 40.8. The molecular formula is C34H52NO7PS. The minimum atomic E-state index is -4.37. The molecule has 2 atom stereocenters. The average Bonchev–Trinajstić information content (AvgIpc) is 3.42. The molecule has 10 heteroatoms. The molecule has 0 aromatic heterocycles. The molecular weight excluding hydrogens is 597 g/mol. The van der Waals surface area contributed by atoms with Gasteiger partial charge in [-0.3, -0.25) is 9.42 Å². The summed E-state index contributed by atoms with van der Waals surface area (Å²) in [7, 11) is -4.37. The van der Waals surface area contributed by atoms with E-state index in [1.165, 1.54) is 62.7 Å². The third-order valence-corrected chi connectivity index (χ3v) is 9.12. The molecule has 0 bridgehead atoms. The lowest BCUT2D eigenvalue weighted by atomic mass is 10.1. The second-order valence-corrected chi connectivity index (χ2v) is 13.7. The number of hydrogen-bond donors (Lipinski definition) is 1. The lowest BCUT2D eigenvalue weighted by Crippen LogP contribution is -2.27. The van der Waals surface area contributed by atoms with Crippen LogP contribution in [0, 0.1) is 0 Å². The molecule has 1 aliphatic heterocycles. The number of thioether (sulfide) groups is 1. The second-order valence-electron chi connectivity index (χ2n) is 11.2. The average molecular weight is 650 g/mol. The SMILES string of the molecule is CCCCCCCCCCCCOc1ccc(OCC(COP(=O)(O)Oc2cccc(CN3C=C(C)SC3)c2)OCC)cc1. The molecule has 246 valence electrons. The van der Waals surface area contributed by atoms with Gasteiger partial charge in [-0.05, 0) is 67.1 Å². The van der Waals surface area contributed by atoms with Gasteiger partial charge in [-0.15, -0.1) is 11.8 Å². The number of rotatable bonds is 24. The van der Waals surface area contributed by atoms with Gasteiger partial charge >= 0.3 is 7.82 Å². The fraction of sp³-hybridized carbons (Fsp3) is 0.588. The van der Waals surface area contributed by atoms with Gasteiger partial charge in [0.2, 0.25) is 0 Å². The molecule has 0 saturated carbocycles. The van der Waals surface area contributed by atoms with Crippen molar-refractivity contribution in [2.45, 2.75) is 97.6 Å². The first kappa shape index (κ1) is 36.3. The Morgan fingerprint density at radius 1 is 0.864 bits per heavy atom. The largest absolute Gasteiger partial charge is 0.527 e. The van der Waals surface area contributed by atoms with Gasteiger partial charge in [-0.25, -0.2) is 4.57 Å². The lowest BCUT2D eigenvalue weighted by molar-refractivity contribution is -0.00711. The van der Waals surface area contributed by atoms with Gasteiger partial charge in [-0.2, -0.15) is 0 Å². The van der Waals surface area contributed by atoms with E-state index in [4.69, 9.17) is 23.3 Å². The summed E-state index contributed by atoms with van der Waals surface area (Å²) in [6, 6.07) is 14.6. The van der Waals surface area contributed by atoms with Crippen molar-refractivity contribution in [2.24, 2.45) is 0 Å². The molecule has 44 heavy (non-hydrogen) atoms. The van der Waals surface area contributed by atoms with E-state index >= 15 is 0 Å². The van der Waals surface area contributed by atoms with E-state index in [-0.39, 0.29) is 19.0 Å². The van der Waals surface area contributed by atoms with E-state index in [1.54, 1.807) is 30.0 Å². The van der Waals surface area contributed by atoms with Gasteiger partial charge < -0.3 is 23.6 Å². The molecule has 0 spiro atoms. The molecule has 2 aromatic rings. The molecule has 2 aromatic carbocycles. The Hall–Kier alpha value is -2.16. The van der Waals surface area contributed by atoms with Crippen molar-refractivity contribution in [3.63, 3.8) is 0 Å². The highest BCUT2D eigenvalue weighted by Gasteiger charge is 2.26. The maximum Gasteiger partial charge on any atom is 0.527 e. The summed E-state index contributed by atoms with van der Waals surface area (Å²) in [4.78, 5) is 13.8. The number of benzene rings is 2. The minimum Gasteiger partial charge on any atom is -0.494 e. The highest BCUT2D eigenvalue weighted by molar-refractivity contribution is 8.03. The van der Waals surface area contributed by atoms with Crippen molar-refractivity contribution in [2.75, 3.05) is 32.3 Å². The Morgan fingerprint density at radius 3 is 2.16 bits per heavy atom. The first-order valence-electron chi connectivity index (χ1n) is 16.1. The molecule has 0 radical (unpaired) electrons. The van der Waals surface area contributed by atoms with Gasteiger partial charge in [0.15, 0.2) is 0 Å². The molecule has 2 unspecified atom stereocenters. The van der Waals surface area contributed by atoms with Crippen LogP contribution in [0.15, 0.2) is 59.6 Å². The number of unbranched alkanes of at least 4 members (excludes halogenated alkanes) is 9. The van der Waals surface area contributed by atoms with Crippen LogP contribution >= 0.6 is 19.6 Å². The summed E-state index contributed by atoms with van der Waals surface area (Å²) in [6.07, 6.45) is 14.6. The van der Waals surface area contributed by atoms with Crippen LogP contribution in [-0.2, 0) is 20.4 Å². The lowest BCUT2D eigenvalue weighted by Gasteiger charge is -2.20. The standard InChI is InChI=1S/C34H52NO7PS/c1-4-6-7-8-9-10-11-12-13-14-22-39-31-18-20-32(21-19-31)40-26-34(38-5-2)27-41-43(36,37)42-33-17-15-16-30(23-33)25-35-24-29(3)44-28-35/h15-21,23-24,34H,4-14,22,25-28H2,1-3H3,(H,36,37). The quantitative estimate of drug-likeness (QED) is 0.0883. The van der Waals surface area contributed by atoms with Gasteiger partial charge in [0.25, 0.3) is 0 Å². The van der Waals surface area contributed by atoms with Gasteiger partial charge in [0, 0.05) is 19.4 Å². The van der Waals surface area contributed by atoms with E-state index in [1.807, 2.05) is 37.3 Å². The summed E-state index contributed by atoms with van der Waals surface area (Å²) in [5.74, 6) is 2.63. The van der Waals surface area contributed by atoms with Crippen LogP contribution in [0.1, 0.15) is 90.5 Å². The summed E-state index contributed by atoms with van der Waals surface area (Å²) in [5, 5.41) is 0. The zero-order chi connectivity index (χ0) is 31.5. The summed E-state index contributed by atoms with van der Waals surface area (Å²) in [5.41, 5.74) is 0.977. The van der Waals surface area contributed by atoms with Crippen molar-refractivity contribution in [3.05, 3.63) is 65.2 Å². The van der Waals surface area contributed by atoms with Crippen molar-refractivity contribution in [3.8, 4) is 17.2 Å². The van der Waals surface area contributed by atoms with Crippen LogP contribution in [0.2, 0.25) is 0 Å². The van der Waals surface area contributed by atoms with Crippen LogP contribution in [0.4, 0.5) is 0 Å². The predicted molar refractivity (Wildman–Crippen MR) is 179 cm³/mol. The molecule has 1 N–H and O–H groups in total. The first-order chi connectivity index (χ1) is 21.4. The molecule has 0 amide bonds. The zero-order valence-corrected chi connectivity index (χ0v) is 28.5. The molecule has 8 nitrogen and oxygen atoms in total. The molecule has 0 fully saturated rings. The Balaban J connectivity index is 1.33. The zero-order valence-electron chi connectivity index (χ0n) is 26.8. The van der Waals surface area contributed by atoms with Crippen LogP contribution in [0.3, 0.4) is 0 Å². The number of hydrogen-bond acceptors (Lipinski definition) is 8. The highest BCUT2D eigenvalue weighted by atomic mass is 32.2. The summed E-state index contributed by atoms with van der Waals surface area (Å²) >= 11 is 1.79. The van der Waals surface area contributed by atoms with Crippen molar-refractivity contribution >= 4 is 19.6 Å². The van der Waals surface area contributed by atoms with Crippen LogP contribution in [0.25, 0.3) is 0 Å². The topological polar surface area (TPSA) is 86.7 Å². The minimum absolute atomic E-state index is 0.156. The van der Waals surface area contributed by atoms with Crippen molar-refractivity contribution < 1.29 is 32.7 Å².